The Morgan fingerprint density at radius 2 is 2.21 bits per heavy atom. The molecule has 1 unspecified atom stereocenters. The predicted molar refractivity (Wildman–Crippen MR) is 80.6 cm³/mol. The molecule has 0 spiro atoms. The van der Waals surface area contributed by atoms with Crippen LogP contribution in [0.3, 0.4) is 0 Å². The minimum Gasteiger partial charge on any atom is -0.496 e. The van der Waals surface area contributed by atoms with Crippen LogP contribution in [0.5, 0.6) is 5.75 Å². The first-order valence-corrected chi connectivity index (χ1v) is 7.56. The van der Waals surface area contributed by atoms with Crippen LogP contribution < -0.4 is 4.74 Å². The van der Waals surface area contributed by atoms with E-state index in [1.807, 2.05) is 6.07 Å². The number of hydrogen-bond donors (Lipinski definition) is 0. The molecule has 0 aliphatic carbocycles. The molecule has 0 amide bonds. The monoisotopic (exact) mass is 327 g/mol. The predicted octanol–water partition coefficient (Wildman–Crippen LogP) is 3.32. The molecule has 4 heteroatoms. The molecule has 0 radical (unpaired) electrons. The first-order chi connectivity index (χ1) is 9.22. The smallest absolute Gasteiger partial charge is 0.133 e. The van der Waals surface area contributed by atoms with E-state index in [0.717, 1.165) is 29.9 Å². The Balaban J connectivity index is 1.94. The number of benzene rings is 1. The van der Waals surface area contributed by atoms with Gasteiger partial charge in [-0.3, -0.25) is 4.90 Å². The lowest BCUT2D eigenvalue weighted by Gasteiger charge is -2.32. The van der Waals surface area contributed by atoms with E-state index >= 15 is 0 Å². The molecule has 19 heavy (non-hydrogen) atoms. The lowest BCUT2D eigenvalue weighted by Crippen LogP contribution is -2.36. The van der Waals surface area contributed by atoms with Crippen molar-refractivity contribution >= 4 is 15.9 Å². The van der Waals surface area contributed by atoms with Gasteiger partial charge in [0, 0.05) is 20.2 Å². The van der Waals surface area contributed by atoms with E-state index in [2.05, 4.69) is 33.0 Å². The third kappa shape index (κ3) is 4.20. The molecule has 1 saturated heterocycles. The molecule has 3 nitrogen and oxygen atoms in total. The van der Waals surface area contributed by atoms with Gasteiger partial charge in [-0.25, -0.2) is 0 Å². The quantitative estimate of drug-likeness (QED) is 0.828. The van der Waals surface area contributed by atoms with Crippen molar-refractivity contribution in [2.45, 2.75) is 19.4 Å². The highest BCUT2D eigenvalue weighted by Crippen LogP contribution is 2.27. The Bertz CT molecular complexity index is 409. The minimum absolute atomic E-state index is 0.681. The van der Waals surface area contributed by atoms with Crippen LogP contribution in [0.2, 0.25) is 0 Å². The van der Waals surface area contributed by atoms with Crippen molar-refractivity contribution in [3.8, 4) is 5.75 Å². The third-order valence-corrected chi connectivity index (χ3v) is 4.25. The number of piperidine rings is 1. The maximum Gasteiger partial charge on any atom is 0.133 e. The van der Waals surface area contributed by atoms with Crippen LogP contribution in [0.1, 0.15) is 18.4 Å². The zero-order valence-electron chi connectivity index (χ0n) is 11.7. The van der Waals surface area contributed by atoms with Gasteiger partial charge in [-0.05, 0) is 58.9 Å². The lowest BCUT2D eigenvalue weighted by atomic mass is 9.98. The molecule has 0 aromatic heterocycles. The minimum atomic E-state index is 0.681. The second kappa shape index (κ2) is 7.27. The molecule has 1 aliphatic rings. The summed E-state index contributed by atoms with van der Waals surface area (Å²) in [4.78, 5) is 2.52. The highest BCUT2D eigenvalue weighted by atomic mass is 79.9. The fourth-order valence-corrected chi connectivity index (χ4v) is 3.32. The van der Waals surface area contributed by atoms with Gasteiger partial charge < -0.3 is 9.47 Å². The van der Waals surface area contributed by atoms with Crippen molar-refractivity contribution in [3.63, 3.8) is 0 Å². The zero-order valence-corrected chi connectivity index (χ0v) is 13.3. The number of halogens is 1. The molecular weight excluding hydrogens is 306 g/mol. The number of likely N-dealkylation sites (tertiary alicyclic amines) is 1. The largest absolute Gasteiger partial charge is 0.496 e. The standard InChI is InChI=1S/C15H22BrNO2/c1-18-11-13-4-3-7-17(10-13)9-12-5-6-15(19-2)14(16)8-12/h5-6,8,13H,3-4,7,9-11H2,1-2H3. The highest BCUT2D eigenvalue weighted by molar-refractivity contribution is 9.10. The first kappa shape index (κ1) is 14.8. The number of nitrogens with zero attached hydrogens (tertiary/aromatic N) is 1. The zero-order chi connectivity index (χ0) is 13.7. The Morgan fingerprint density at radius 3 is 2.89 bits per heavy atom. The van der Waals surface area contributed by atoms with Crippen molar-refractivity contribution in [3.05, 3.63) is 28.2 Å². The van der Waals surface area contributed by atoms with E-state index in [-0.39, 0.29) is 0 Å². The normalized spacial score (nSPS) is 20.5. The van der Waals surface area contributed by atoms with Crippen molar-refractivity contribution in [2.24, 2.45) is 5.92 Å². The molecule has 0 N–H and O–H groups in total. The maximum atomic E-state index is 5.28. The first-order valence-electron chi connectivity index (χ1n) is 6.76. The average molecular weight is 328 g/mol. The molecule has 1 heterocycles. The van der Waals surface area contributed by atoms with Gasteiger partial charge in [-0.2, -0.15) is 0 Å². The van der Waals surface area contributed by atoms with Gasteiger partial charge >= 0.3 is 0 Å². The summed E-state index contributed by atoms with van der Waals surface area (Å²) in [6, 6.07) is 6.32. The Labute approximate surface area is 124 Å². The van der Waals surface area contributed by atoms with Gasteiger partial charge in [-0.15, -0.1) is 0 Å². The third-order valence-electron chi connectivity index (χ3n) is 3.63. The molecule has 1 atom stereocenters. The number of rotatable bonds is 5. The van der Waals surface area contributed by atoms with Crippen LogP contribution in [0, 0.1) is 5.92 Å². The van der Waals surface area contributed by atoms with Crippen molar-refractivity contribution in [2.75, 3.05) is 33.9 Å². The summed E-state index contributed by atoms with van der Waals surface area (Å²) in [5, 5.41) is 0. The van der Waals surface area contributed by atoms with Gasteiger partial charge in [-0.1, -0.05) is 6.07 Å². The van der Waals surface area contributed by atoms with Crippen LogP contribution in [0.15, 0.2) is 22.7 Å². The van der Waals surface area contributed by atoms with E-state index in [9.17, 15) is 0 Å². The topological polar surface area (TPSA) is 21.7 Å². The molecule has 1 aromatic carbocycles. The van der Waals surface area contributed by atoms with Gasteiger partial charge in [0.2, 0.25) is 0 Å². The highest BCUT2D eigenvalue weighted by Gasteiger charge is 2.19. The van der Waals surface area contributed by atoms with Gasteiger partial charge in [0.05, 0.1) is 18.2 Å². The molecule has 1 aromatic rings. The summed E-state index contributed by atoms with van der Waals surface area (Å²) >= 11 is 3.55. The van der Waals surface area contributed by atoms with E-state index < -0.39 is 0 Å². The second-order valence-corrected chi connectivity index (χ2v) is 6.02. The molecular formula is C15H22BrNO2. The molecule has 2 rings (SSSR count). The van der Waals surface area contributed by atoms with E-state index in [1.54, 1.807) is 14.2 Å². The van der Waals surface area contributed by atoms with Crippen molar-refractivity contribution in [1.29, 1.82) is 0 Å². The van der Waals surface area contributed by atoms with Crippen LogP contribution in [0.4, 0.5) is 0 Å². The van der Waals surface area contributed by atoms with Gasteiger partial charge in [0.1, 0.15) is 5.75 Å². The van der Waals surface area contributed by atoms with Crippen LogP contribution in [-0.2, 0) is 11.3 Å². The lowest BCUT2D eigenvalue weighted by molar-refractivity contribution is 0.0873. The van der Waals surface area contributed by atoms with E-state index in [0.29, 0.717) is 5.92 Å². The number of methoxy groups -OCH3 is 2. The molecule has 106 valence electrons. The SMILES string of the molecule is COCC1CCCN(Cc2ccc(OC)c(Br)c2)C1. The van der Waals surface area contributed by atoms with E-state index in [4.69, 9.17) is 9.47 Å². The summed E-state index contributed by atoms with van der Waals surface area (Å²) in [6.45, 7) is 4.20. The molecule has 0 bridgehead atoms. The summed E-state index contributed by atoms with van der Waals surface area (Å²) in [5.41, 5.74) is 1.32. The number of hydrogen-bond acceptors (Lipinski definition) is 3. The van der Waals surface area contributed by atoms with Gasteiger partial charge in [0.15, 0.2) is 0 Å². The Morgan fingerprint density at radius 1 is 1.37 bits per heavy atom. The maximum absolute atomic E-state index is 5.28. The summed E-state index contributed by atoms with van der Waals surface area (Å²) in [5.74, 6) is 1.57. The van der Waals surface area contributed by atoms with Crippen molar-refractivity contribution in [1.82, 2.24) is 4.90 Å². The Kier molecular flexibility index (Phi) is 5.67. The second-order valence-electron chi connectivity index (χ2n) is 5.17. The van der Waals surface area contributed by atoms with Crippen LogP contribution in [-0.4, -0.2) is 38.8 Å². The van der Waals surface area contributed by atoms with E-state index in [1.165, 1.54) is 24.9 Å². The fourth-order valence-electron chi connectivity index (χ4n) is 2.73. The van der Waals surface area contributed by atoms with Gasteiger partial charge in [0.25, 0.3) is 0 Å². The molecule has 1 fully saturated rings. The van der Waals surface area contributed by atoms with Crippen LogP contribution in [0.25, 0.3) is 0 Å². The Hall–Kier alpha value is -0.580. The van der Waals surface area contributed by atoms with Crippen molar-refractivity contribution < 1.29 is 9.47 Å². The molecule has 0 saturated carbocycles. The average Bonchev–Trinajstić information content (AvgIpc) is 2.40. The summed E-state index contributed by atoms with van der Waals surface area (Å²) in [7, 11) is 3.49. The fraction of sp³-hybridized carbons (Fsp3) is 0.600. The van der Waals surface area contributed by atoms with Crippen LogP contribution >= 0.6 is 15.9 Å². The summed E-state index contributed by atoms with van der Waals surface area (Å²) < 4.78 is 11.6. The summed E-state index contributed by atoms with van der Waals surface area (Å²) in [6.07, 6.45) is 2.56. The molecule has 1 aliphatic heterocycles. The number of ether oxygens (including phenoxy) is 2.